The Hall–Kier alpha value is -4.11. The van der Waals surface area contributed by atoms with Crippen LogP contribution in [0.4, 0.5) is 0 Å². The fourth-order valence-corrected chi connectivity index (χ4v) is 5.05. The molecule has 0 spiro atoms. The van der Waals surface area contributed by atoms with E-state index >= 15 is 0 Å². The zero-order valence-corrected chi connectivity index (χ0v) is 18.9. The van der Waals surface area contributed by atoms with Crippen molar-refractivity contribution in [1.82, 2.24) is 4.98 Å². The molecule has 0 saturated heterocycles. The van der Waals surface area contributed by atoms with Crippen molar-refractivity contribution >= 4 is 54.6 Å². The topological polar surface area (TPSA) is 39.2 Å². The maximum Gasteiger partial charge on any atom is 0.144 e. The summed E-state index contributed by atoms with van der Waals surface area (Å²) >= 11 is 0. The molecule has 0 N–H and O–H groups in total. The first kappa shape index (κ1) is 17.4. The first-order valence-electron chi connectivity index (χ1n) is 12.6. The number of aromatic nitrogens is 1. The van der Waals surface area contributed by atoms with E-state index in [1.165, 1.54) is 0 Å². The Morgan fingerprint density at radius 3 is 2.12 bits per heavy atom. The monoisotopic (exact) mass is 443 g/mol. The highest BCUT2D eigenvalue weighted by atomic mass is 16.3. The van der Waals surface area contributed by atoms with Gasteiger partial charge in [-0.05, 0) is 66.4 Å². The molecular formula is C31H23NO2. The van der Waals surface area contributed by atoms with Gasteiger partial charge < -0.3 is 8.83 Å². The SMILES string of the molecule is [2H]C([2H])(c1ccnc(-c2cccc3c2oc2c3ccc3c2ccc2c4ccccc4oc23)c1)C(C)C. The van der Waals surface area contributed by atoms with Crippen molar-refractivity contribution in [2.24, 2.45) is 5.92 Å². The number of nitrogens with zero attached hydrogens (tertiary/aromatic N) is 1. The second-order valence-corrected chi connectivity index (χ2v) is 9.09. The van der Waals surface area contributed by atoms with Gasteiger partial charge in [0.25, 0.3) is 0 Å². The Kier molecular flexibility index (Phi) is 3.68. The van der Waals surface area contributed by atoms with E-state index in [4.69, 9.17) is 11.6 Å². The van der Waals surface area contributed by atoms with Crippen molar-refractivity contribution in [2.75, 3.05) is 0 Å². The van der Waals surface area contributed by atoms with Crippen molar-refractivity contribution in [3.8, 4) is 11.3 Å². The van der Waals surface area contributed by atoms with Crippen LogP contribution in [-0.4, -0.2) is 4.98 Å². The van der Waals surface area contributed by atoms with Gasteiger partial charge in [-0.25, -0.2) is 0 Å². The molecule has 0 amide bonds. The molecule has 3 heteroatoms. The minimum absolute atomic E-state index is 0.156. The van der Waals surface area contributed by atoms with Crippen LogP contribution in [0.3, 0.4) is 0 Å². The molecular weight excluding hydrogens is 418 g/mol. The summed E-state index contributed by atoms with van der Waals surface area (Å²) in [5.74, 6) is -0.156. The highest BCUT2D eigenvalue weighted by molar-refractivity contribution is 6.23. The van der Waals surface area contributed by atoms with E-state index in [1.54, 1.807) is 12.3 Å². The molecule has 0 unspecified atom stereocenters. The van der Waals surface area contributed by atoms with E-state index in [9.17, 15) is 0 Å². The van der Waals surface area contributed by atoms with E-state index in [1.807, 2.05) is 50.2 Å². The van der Waals surface area contributed by atoms with E-state index in [0.29, 0.717) is 11.3 Å². The fourth-order valence-electron chi connectivity index (χ4n) is 5.05. The molecule has 0 radical (unpaired) electrons. The third-order valence-electron chi connectivity index (χ3n) is 6.49. The Bertz CT molecular complexity index is 1960. The van der Waals surface area contributed by atoms with Crippen LogP contribution in [0.15, 0.2) is 93.9 Å². The van der Waals surface area contributed by atoms with Gasteiger partial charge in [-0.2, -0.15) is 0 Å². The number of furan rings is 2. The molecule has 3 heterocycles. The summed E-state index contributed by atoms with van der Waals surface area (Å²) in [7, 11) is 0. The lowest BCUT2D eigenvalue weighted by molar-refractivity contribution is 0.647. The van der Waals surface area contributed by atoms with Gasteiger partial charge in [-0.1, -0.05) is 44.2 Å². The summed E-state index contributed by atoms with van der Waals surface area (Å²) in [5.41, 5.74) is 5.47. The third-order valence-corrected chi connectivity index (χ3v) is 6.49. The summed E-state index contributed by atoms with van der Waals surface area (Å²) < 4.78 is 29.9. The van der Waals surface area contributed by atoms with Crippen LogP contribution >= 0.6 is 0 Å². The van der Waals surface area contributed by atoms with E-state index in [2.05, 4.69) is 41.4 Å². The number of hydrogen-bond acceptors (Lipinski definition) is 3. The Morgan fingerprint density at radius 2 is 1.35 bits per heavy atom. The predicted molar refractivity (Wildman–Crippen MR) is 140 cm³/mol. The molecule has 7 rings (SSSR count). The van der Waals surface area contributed by atoms with Crippen LogP contribution in [0.25, 0.3) is 65.9 Å². The molecule has 34 heavy (non-hydrogen) atoms. The summed E-state index contributed by atoms with van der Waals surface area (Å²) in [6, 6.07) is 26.2. The Balaban J connectivity index is 1.49. The van der Waals surface area contributed by atoms with Crippen LogP contribution in [-0.2, 0) is 6.37 Å². The fraction of sp³-hybridized carbons (Fsp3) is 0.129. The zero-order chi connectivity index (χ0) is 24.6. The molecule has 3 nitrogen and oxygen atoms in total. The van der Waals surface area contributed by atoms with Gasteiger partial charge in [0.2, 0.25) is 0 Å². The normalized spacial score (nSPS) is 13.5. The number of hydrogen-bond donors (Lipinski definition) is 0. The first-order chi connectivity index (χ1) is 17.4. The molecule has 4 aromatic carbocycles. The van der Waals surface area contributed by atoms with E-state index < -0.39 is 6.37 Å². The summed E-state index contributed by atoms with van der Waals surface area (Å²) in [4.78, 5) is 4.59. The average molecular weight is 444 g/mol. The minimum Gasteiger partial charge on any atom is -0.455 e. The lowest BCUT2D eigenvalue weighted by Crippen LogP contribution is -1.95. The van der Waals surface area contributed by atoms with Crippen LogP contribution in [0.5, 0.6) is 0 Å². The maximum absolute atomic E-state index is 8.53. The van der Waals surface area contributed by atoms with Gasteiger partial charge in [-0.15, -0.1) is 0 Å². The number of fused-ring (bicyclic) bond motifs is 9. The van der Waals surface area contributed by atoms with Gasteiger partial charge >= 0.3 is 0 Å². The highest BCUT2D eigenvalue weighted by Crippen LogP contribution is 2.41. The summed E-state index contributed by atoms with van der Waals surface area (Å²) in [6.07, 6.45) is 0.230. The van der Waals surface area contributed by atoms with E-state index in [-0.39, 0.29) is 5.92 Å². The van der Waals surface area contributed by atoms with Gasteiger partial charge in [0.1, 0.15) is 22.3 Å². The largest absolute Gasteiger partial charge is 0.455 e. The zero-order valence-electron chi connectivity index (χ0n) is 20.9. The average Bonchev–Trinajstić information content (AvgIpc) is 3.47. The molecule has 0 aliphatic carbocycles. The van der Waals surface area contributed by atoms with Crippen LogP contribution < -0.4 is 0 Å². The molecule has 0 aliphatic rings. The predicted octanol–water partition coefficient (Wildman–Crippen LogP) is 8.90. The van der Waals surface area contributed by atoms with Crippen LogP contribution in [0.2, 0.25) is 0 Å². The molecule has 164 valence electrons. The van der Waals surface area contributed by atoms with Crippen molar-refractivity contribution in [1.29, 1.82) is 0 Å². The Morgan fingerprint density at radius 1 is 0.706 bits per heavy atom. The molecule has 0 atom stereocenters. The smallest absolute Gasteiger partial charge is 0.144 e. The Labute approximate surface area is 199 Å². The molecule has 0 aliphatic heterocycles. The number of rotatable bonds is 3. The van der Waals surface area contributed by atoms with Crippen molar-refractivity contribution in [3.63, 3.8) is 0 Å². The third kappa shape index (κ3) is 2.80. The van der Waals surface area contributed by atoms with Crippen molar-refractivity contribution < 1.29 is 11.6 Å². The molecule has 3 aromatic heterocycles. The van der Waals surface area contributed by atoms with Crippen molar-refractivity contribution in [2.45, 2.75) is 20.2 Å². The minimum atomic E-state index is -1.45. The van der Waals surface area contributed by atoms with Gasteiger partial charge in [-0.3, -0.25) is 4.98 Å². The van der Waals surface area contributed by atoms with Gasteiger partial charge in [0.05, 0.1) is 5.69 Å². The second-order valence-electron chi connectivity index (χ2n) is 9.09. The maximum atomic E-state index is 8.53. The highest BCUT2D eigenvalue weighted by Gasteiger charge is 2.17. The van der Waals surface area contributed by atoms with E-state index in [0.717, 1.165) is 60.2 Å². The first-order valence-corrected chi connectivity index (χ1v) is 11.6. The standard InChI is InChI=1S/C31H23NO2/c1-18(2)16-19-14-15-32-27(17-19)26-8-5-7-21-23-12-13-24-25(30(23)34-31(21)26)11-10-22-20-6-3-4-9-28(20)33-29(22)24/h3-15,17-18H,16H2,1-2H3/i16D2. The molecule has 0 bridgehead atoms. The molecule has 7 aromatic rings. The van der Waals surface area contributed by atoms with Crippen LogP contribution in [0.1, 0.15) is 22.2 Å². The lowest BCUT2D eigenvalue weighted by Gasteiger charge is -2.07. The molecule has 0 fully saturated rings. The van der Waals surface area contributed by atoms with Gasteiger partial charge in [0.15, 0.2) is 0 Å². The van der Waals surface area contributed by atoms with Gasteiger partial charge in [0, 0.05) is 46.8 Å². The van der Waals surface area contributed by atoms with Crippen LogP contribution in [0, 0.1) is 5.92 Å². The lowest BCUT2D eigenvalue weighted by atomic mass is 10.00. The summed E-state index contributed by atoms with van der Waals surface area (Å²) in [5, 5.41) is 6.25. The second kappa shape index (κ2) is 7.19. The quantitative estimate of drug-likeness (QED) is 0.274. The molecule has 0 saturated carbocycles. The number of benzene rings is 4. The number of pyridine rings is 1. The number of para-hydroxylation sites is 2. The summed E-state index contributed by atoms with van der Waals surface area (Å²) in [6.45, 7) is 3.79. The van der Waals surface area contributed by atoms with Crippen molar-refractivity contribution in [3.05, 3.63) is 90.6 Å².